The molecular formula is C26H23FN2O6. The Kier molecular flexibility index (Phi) is 6.52. The van der Waals surface area contributed by atoms with Gasteiger partial charge in [-0.1, -0.05) is 48.5 Å². The van der Waals surface area contributed by atoms with Crippen LogP contribution >= 0.6 is 0 Å². The number of hydrogen-bond donors (Lipinski definition) is 4. The van der Waals surface area contributed by atoms with Gasteiger partial charge in [0.05, 0.1) is 12.1 Å². The third kappa shape index (κ3) is 4.99. The number of nitrogens with one attached hydrogen (secondary N) is 2. The number of carbonyl (C=O) groups is 3. The van der Waals surface area contributed by atoms with Gasteiger partial charge in [-0.05, 0) is 47.4 Å². The number of benzene rings is 3. The second-order valence-corrected chi connectivity index (χ2v) is 8.41. The summed E-state index contributed by atoms with van der Waals surface area (Å²) in [4.78, 5) is 35.7. The maximum absolute atomic E-state index is 14.2. The Labute approximate surface area is 200 Å². The summed E-state index contributed by atoms with van der Waals surface area (Å²) >= 11 is 0. The molecular weight excluding hydrogens is 455 g/mol. The minimum absolute atomic E-state index is 0.0820. The van der Waals surface area contributed by atoms with Crippen LogP contribution in [0.4, 0.5) is 14.9 Å². The molecule has 0 aliphatic heterocycles. The van der Waals surface area contributed by atoms with E-state index in [0.717, 1.165) is 41.3 Å². The lowest BCUT2D eigenvalue weighted by Crippen LogP contribution is -2.46. The molecule has 0 spiro atoms. The normalized spacial score (nSPS) is 13.8. The largest absolute Gasteiger partial charge is 0.479 e. The zero-order chi connectivity index (χ0) is 25.2. The monoisotopic (exact) mass is 478 g/mol. The van der Waals surface area contributed by atoms with Crippen LogP contribution < -0.4 is 10.6 Å². The number of carboxylic acid groups (broad SMARTS) is 1. The number of hydrogen-bond acceptors (Lipinski definition) is 5. The lowest BCUT2D eigenvalue weighted by molar-refractivity contribution is -0.155. The highest BCUT2D eigenvalue weighted by Gasteiger charge is 2.31. The average molecular weight is 478 g/mol. The number of aliphatic hydroxyl groups is 1. The lowest BCUT2D eigenvalue weighted by atomic mass is 9.98. The van der Waals surface area contributed by atoms with E-state index in [2.05, 4.69) is 10.6 Å². The van der Waals surface area contributed by atoms with Crippen LogP contribution in [0.25, 0.3) is 11.1 Å². The molecule has 1 atom stereocenters. The van der Waals surface area contributed by atoms with Gasteiger partial charge in [-0.25, -0.2) is 14.0 Å². The molecule has 2 amide bonds. The van der Waals surface area contributed by atoms with Crippen LogP contribution in [0.5, 0.6) is 0 Å². The predicted molar refractivity (Wildman–Crippen MR) is 126 cm³/mol. The topological polar surface area (TPSA) is 125 Å². The lowest BCUT2D eigenvalue weighted by Gasteiger charge is -2.18. The van der Waals surface area contributed by atoms with Crippen LogP contribution in [0.15, 0.2) is 66.7 Å². The van der Waals surface area contributed by atoms with E-state index >= 15 is 0 Å². The Morgan fingerprint density at radius 3 is 2.20 bits per heavy atom. The van der Waals surface area contributed by atoms with Crippen molar-refractivity contribution in [1.29, 1.82) is 0 Å². The van der Waals surface area contributed by atoms with Gasteiger partial charge in [0.2, 0.25) is 0 Å². The fraction of sp³-hybridized carbons (Fsp3) is 0.192. The summed E-state index contributed by atoms with van der Waals surface area (Å²) in [6, 6.07) is 19.2. The van der Waals surface area contributed by atoms with Gasteiger partial charge >= 0.3 is 12.1 Å². The summed E-state index contributed by atoms with van der Waals surface area (Å²) < 4.78 is 19.6. The molecule has 1 unspecified atom stereocenters. The predicted octanol–water partition coefficient (Wildman–Crippen LogP) is 3.75. The average Bonchev–Trinajstić information content (AvgIpc) is 3.16. The molecule has 35 heavy (non-hydrogen) atoms. The van der Waals surface area contributed by atoms with E-state index in [-0.39, 0.29) is 18.2 Å². The van der Waals surface area contributed by atoms with Gasteiger partial charge in [0.1, 0.15) is 12.4 Å². The van der Waals surface area contributed by atoms with Crippen molar-refractivity contribution in [2.45, 2.75) is 18.4 Å². The van der Waals surface area contributed by atoms with E-state index in [1.54, 1.807) is 0 Å². The number of rotatable bonds is 7. The molecule has 8 nitrogen and oxygen atoms in total. The number of amides is 2. The first-order valence-electron chi connectivity index (χ1n) is 10.8. The van der Waals surface area contributed by atoms with Crippen LogP contribution in [0.2, 0.25) is 0 Å². The maximum atomic E-state index is 14.2. The van der Waals surface area contributed by atoms with Gasteiger partial charge in [0.15, 0.2) is 5.60 Å². The van der Waals surface area contributed by atoms with E-state index in [0.29, 0.717) is 0 Å². The van der Waals surface area contributed by atoms with Crippen LogP contribution in [0.1, 0.15) is 34.3 Å². The molecule has 4 rings (SSSR count). The molecule has 3 aromatic carbocycles. The van der Waals surface area contributed by atoms with Gasteiger partial charge in [-0.15, -0.1) is 0 Å². The third-order valence-corrected chi connectivity index (χ3v) is 5.85. The fourth-order valence-corrected chi connectivity index (χ4v) is 3.95. The molecule has 0 heterocycles. The highest BCUT2D eigenvalue weighted by atomic mass is 19.1. The molecule has 0 aromatic heterocycles. The smallest absolute Gasteiger partial charge is 0.411 e. The van der Waals surface area contributed by atoms with E-state index in [1.807, 2.05) is 48.5 Å². The molecule has 0 bridgehead atoms. The first-order chi connectivity index (χ1) is 16.7. The van der Waals surface area contributed by atoms with Crippen molar-refractivity contribution in [2.75, 3.05) is 18.5 Å². The Bertz CT molecular complexity index is 1260. The van der Waals surface area contributed by atoms with Crippen molar-refractivity contribution in [3.63, 3.8) is 0 Å². The van der Waals surface area contributed by atoms with Gasteiger partial charge in [0.25, 0.3) is 5.91 Å². The second kappa shape index (κ2) is 9.55. The molecule has 0 fully saturated rings. The zero-order valence-electron chi connectivity index (χ0n) is 18.7. The molecule has 4 N–H and O–H groups in total. The summed E-state index contributed by atoms with van der Waals surface area (Å²) in [6.45, 7) is 0.449. The summed E-state index contributed by atoms with van der Waals surface area (Å²) in [5, 5.41) is 23.3. The maximum Gasteiger partial charge on any atom is 0.411 e. The first kappa shape index (κ1) is 23.9. The number of halogens is 1. The van der Waals surface area contributed by atoms with Gasteiger partial charge < -0.3 is 20.3 Å². The highest BCUT2D eigenvalue weighted by Crippen LogP contribution is 2.44. The van der Waals surface area contributed by atoms with Crippen molar-refractivity contribution >= 4 is 23.7 Å². The standard InChI is InChI=1S/C26H23FN2O6/c1-26(34,24(31)32)14-28-23(30)20-12-15(10-11-22(20)27)29-25(33)35-13-21-18-8-4-2-6-16(18)17-7-3-5-9-19(17)21/h2-12,21,34H,13-14H2,1H3,(H,28,30)(H,29,33)(H,31,32). The van der Waals surface area contributed by atoms with E-state index < -0.39 is 41.5 Å². The molecule has 0 saturated heterocycles. The number of ether oxygens (including phenoxy) is 1. The van der Waals surface area contributed by atoms with Crippen LogP contribution in [-0.2, 0) is 9.53 Å². The molecule has 0 saturated carbocycles. The minimum Gasteiger partial charge on any atom is -0.479 e. The third-order valence-electron chi connectivity index (χ3n) is 5.85. The van der Waals surface area contributed by atoms with Gasteiger partial charge in [0, 0.05) is 11.6 Å². The summed E-state index contributed by atoms with van der Waals surface area (Å²) in [7, 11) is 0. The van der Waals surface area contributed by atoms with Crippen molar-refractivity contribution in [3.05, 3.63) is 89.2 Å². The molecule has 3 aromatic rings. The van der Waals surface area contributed by atoms with E-state index in [1.165, 1.54) is 6.07 Å². The molecule has 9 heteroatoms. The Balaban J connectivity index is 1.41. The highest BCUT2D eigenvalue weighted by molar-refractivity contribution is 5.97. The van der Waals surface area contributed by atoms with Crippen LogP contribution in [0.3, 0.4) is 0 Å². The first-order valence-corrected chi connectivity index (χ1v) is 10.8. The van der Waals surface area contributed by atoms with Gasteiger partial charge in [-0.3, -0.25) is 10.1 Å². The Morgan fingerprint density at radius 1 is 1.00 bits per heavy atom. The molecule has 1 aliphatic rings. The Hall–Kier alpha value is -4.24. The van der Waals surface area contributed by atoms with Crippen LogP contribution in [-0.4, -0.2) is 46.9 Å². The number of carbonyl (C=O) groups excluding carboxylic acids is 2. The van der Waals surface area contributed by atoms with Crippen molar-refractivity contribution in [1.82, 2.24) is 5.32 Å². The van der Waals surface area contributed by atoms with Gasteiger partial charge in [-0.2, -0.15) is 0 Å². The van der Waals surface area contributed by atoms with E-state index in [4.69, 9.17) is 9.84 Å². The number of aliphatic carboxylic acids is 1. The number of carboxylic acids is 1. The van der Waals surface area contributed by atoms with Crippen molar-refractivity contribution < 1.29 is 33.7 Å². The molecule has 180 valence electrons. The summed E-state index contributed by atoms with van der Waals surface area (Å²) in [5.74, 6) is -3.50. The van der Waals surface area contributed by atoms with Crippen molar-refractivity contribution in [2.24, 2.45) is 0 Å². The molecule has 0 radical (unpaired) electrons. The zero-order valence-corrected chi connectivity index (χ0v) is 18.7. The van der Waals surface area contributed by atoms with E-state index in [9.17, 15) is 23.9 Å². The van der Waals surface area contributed by atoms with Crippen LogP contribution in [0, 0.1) is 5.82 Å². The minimum atomic E-state index is -2.22. The fourth-order valence-electron chi connectivity index (χ4n) is 3.95. The Morgan fingerprint density at radius 2 is 1.60 bits per heavy atom. The summed E-state index contributed by atoms with van der Waals surface area (Å²) in [6.07, 6.45) is -0.779. The second-order valence-electron chi connectivity index (χ2n) is 8.41. The van der Waals surface area contributed by atoms with Crippen molar-refractivity contribution in [3.8, 4) is 11.1 Å². The molecule has 1 aliphatic carbocycles. The summed E-state index contributed by atoms with van der Waals surface area (Å²) in [5.41, 5.74) is 1.75. The number of anilines is 1. The quantitative estimate of drug-likeness (QED) is 0.410. The number of fused-ring (bicyclic) bond motifs is 3. The SMILES string of the molecule is CC(O)(CNC(=O)c1cc(NC(=O)OCC2c3ccccc3-c3ccccc32)ccc1F)C(=O)O.